The van der Waals surface area contributed by atoms with E-state index in [4.69, 9.17) is 5.73 Å². The number of amides is 2. The number of imide groups is 1. The summed E-state index contributed by atoms with van der Waals surface area (Å²) in [4.78, 5) is 24.9. The first-order valence-corrected chi connectivity index (χ1v) is 6.39. The maximum absolute atomic E-state index is 13.6. The Morgan fingerprint density at radius 3 is 2.30 bits per heavy atom. The minimum absolute atomic E-state index is 0.0437. The maximum atomic E-state index is 13.6. The highest BCUT2D eigenvalue weighted by Crippen LogP contribution is 2.27. The summed E-state index contributed by atoms with van der Waals surface area (Å²) in [5, 5.41) is 0. The van der Waals surface area contributed by atoms with Crippen molar-refractivity contribution in [2.45, 2.75) is 19.9 Å². The van der Waals surface area contributed by atoms with Gasteiger partial charge in [-0.2, -0.15) is 0 Å². The molecule has 3 unspecified atom stereocenters. The fourth-order valence-electron chi connectivity index (χ4n) is 2.31. The van der Waals surface area contributed by atoms with Crippen LogP contribution >= 0.6 is 0 Å². The van der Waals surface area contributed by atoms with Gasteiger partial charge in [0.15, 0.2) is 11.6 Å². The number of rotatable bonds is 3. The lowest BCUT2D eigenvalue weighted by Crippen LogP contribution is -2.37. The van der Waals surface area contributed by atoms with Gasteiger partial charge in [0.1, 0.15) is 0 Å². The first kappa shape index (κ1) is 14.6. The minimum atomic E-state index is -1.04. The van der Waals surface area contributed by atoms with Crippen molar-refractivity contribution >= 4 is 11.8 Å². The molecular weight excluding hydrogens is 266 g/mol. The lowest BCUT2D eigenvalue weighted by Gasteiger charge is -2.20. The molecule has 2 amide bonds. The monoisotopic (exact) mass is 282 g/mol. The summed E-state index contributed by atoms with van der Waals surface area (Å²) in [5.41, 5.74) is 5.76. The van der Waals surface area contributed by atoms with Crippen molar-refractivity contribution in [2.75, 3.05) is 6.54 Å². The molecule has 1 aliphatic heterocycles. The lowest BCUT2D eigenvalue weighted by molar-refractivity contribution is -0.140. The van der Waals surface area contributed by atoms with E-state index in [1.54, 1.807) is 13.8 Å². The Kier molecular flexibility index (Phi) is 3.85. The smallest absolute Gasteiger partial charge is 0.232 e. The van der Waals surface area contributed by atoms with Gasteiger partial charge in [-0.15, -0.1) is 0 Å². The van der Waals surface area contributed by atoms with Gasteiger partial charge in [0.25, 0.3) is 0 Å². The van der Waals surface area contributed by atoms with Gasteiger partial charge >= 0.3 is 0 Å². The standard InChI is InChI=1S/C14H16F2N2O2/c1-7-8(2)14(20)18(13(7)19)6-11(17)9-4-3-5-10(15)12(9)16/h3-5,7-8,11H,6,17H2,1-2H3. The van der Waals surface area contributed by atoms with Gasteiger partial charge in [-0.3, -0.25) is 14.5 Å². The van der Waals surface area contributed by atoms with E-state index in [2.05, 4.69) is 0 Å². The Labute approximate surface area is 115 Å². The Hall–Kier alpha value is -1.82. The number of benzene rings is 1. The van der Waals surface area contributed by atoms with Crippen molar-refractivity contribution in [3.63, 3.8) is 0 Å². The van der Waals surface area contributed by atoms with Crippen molar-refractivity contribution in [1.29, 1.82) is 0 Å². The van der Waals surface area contributed by atoms with E-state index in [1.165, 1.54) is 12.1 Å². The maximum Gasteiger partial charge on any atom is 0.232 e. The number of likely N-dealkylation sites (tertiary alicyclic amines) is 1. The Bertz CT molecular complexity index is 542. The van der Waals surface area contributed by atoms with E-state index in [0.29, 0.717) is 0 Å². The molecular formula is C14H16F2N2O2. The predicted molar refractivity (Wildman–Crippen MR) is 68.3 cm³/mol. The summed E-state index contributed by atoms with van der Waals surface area (Å²) < 4.78 is 26.8. The van der Waals surface area contributed by atoms with Gasteiger partial charge in [0, 0.05) is 23.9 Å². The van der Waals surface area contributed by atoms with Crippen LogP contribution in [0.3, 0.4) is 0 Å². The first-order chi connectivity index (χ1) is 9.34. The molecule has 108 valence electrons. The third kappa shape index (κ3) is 2.31. The molecule has 2 rings (SSSR count). The lowest BCUT2D eigenvalue weighted by atomic mass is 10.00. The zero-order valence-corrected chi connectivity index (χ0v) is 11.3. The van der Waals surface area contributed by atoms with Crippen LogP contribution in [0.15, 0.2) is 18.2 Å². The predicted octanol–water partition coefficient (Wildman–Crippen LogP) is 1.61. The highest BCUT2D eigenvalue weighted by atomic mass is 19.2. The molecule has 6 heteroatoms. The molecule has 0 aliphatic carbocycles. The fourth-order valence-corrected chi connectivity index (χ4v) is 2.31. The molecule has 0 saturated carbocycles. The van der Waals surface area contributed by atoms with Crippen LogP contribution in [0.5, 0.6) is 0 Å². The van der Waals surface area contributed by atoms with Gasteiger partial charge < -0.3 is 5.73 Å². The quantitative estimate of drug-likeness (QED) is 0.857. The largest absolute Gasteiger partial charge is 0.322 e. The third-order valence-corrected chi connectivity index (χ3v) is 3.82. The minimum Gasteiger partial charge on any atom is -0.322 e. The van der Waals surface area contributed by atoms with Gasteiger partial charge in [-0.25, -0.2) is 8.78 Å². The Morgan fingerprint density at radius 2 is 1.75 bits per heavy atom. The zero-order chi connectivity index (χ0) is 15.0. The van der Waals surface area contributed by atoms with Crippen LogP contribution in [-0.4, -0.2) is 23.3 Å². The average molecular weight is 282 g/mol. The highest BCUT2D eigenvalue weighted by Gasteiger charge is 2.42. The second-order valence-corrected chi connectivity index (χ2v) is 5.11. The molecule has 0 radical (unpaired) electrons. The summed E-state index contributed by atoms with van der Waals surface area (Å²) in [6, 6.07) is 2.73. The van der Waals surface area contributed by atoms with E-state index in [9.17, 15) is 18.4 Å². The summed E-state index contributed by atoms with van der Waals surface area (Å²) in [5.74, 6) is -3.51. The summed E-state index contributed by atoms with van der Waals surface area (Å²) >= 11 is 0. The van der Waals surface area contributed by atoms with Crippen molar-refractivity contribution < 1.29 is 18.4 Å². The molecule has 1 aromatic rings. The SMILES string of the molecule is CC1C(=O)N(CC(N)c2cccc(F)c2F)C(=O)C1C. The van der Waals surface area contributed by atoms with Gasteiger partial charge in [-0.05, 0) is 6.07 Å². The normalized spacial score (nSPS) is 24.4. The second-order valence-electron chi connectivity index (χ2n) is 5.11. The van der Waals surface area contributed by atoms with Crippen molar-refractivity contribution in [2.24, 2.45) is 17.6 Å². The van der Waals surface area contributed by atoms with Crippen LogP contribution in [0, 0.1) is 23.5 Å². The highest BCUT2D eigenvalue weighted by molar-refractivity contribution is 6.04. The van der Waals surface area contributed by atoms with Crippen LogP contribution in [0.2, 0.25) is 0 Å². The van der Waals surface area contributed by atoms with Crippen molar-refractivity contribution in [1.82, 2.24) is 4.90 Å². The molecule has 1 saturated heterocycles. The summed E-state index contributed by atoms with van der Waals surface area (Å²) in [6.07, 6.45) is 0. The molecule has 20 heavy (non-hydrogen) atoms. The number of nitrogens with zero attached hydrogens (tertiary/aromatic N) is 1. The molecule has 0 bridgehead atoms. The van der Waals surface area contributed by atoms with E-state index < -0.39 is 29.5 Å². The first-order valence-electron chi connectivity index (χ1n) is 6.39. The molecule has 1 fully saturated rings. The molecule has 1 aromatic carbocycles. The van der Waals surface area contributed by atoms with Crippen LogP contribution in [0.25, 0.3) is 0 Å². The number of hydrogen-bond donors (Lipinski definition) is 1. The summed E-state index contributed by atoms with van der Waals surface area (Å²) in [6.45, 7) is 3.19. The Morgan fingerprint density at radius 1 is 1.20 bits per heavy atom. The van der Waals surface area contributed by atoms with E-state index >= 15 is 0 Å². The van der Waals surface area contributed by atoms with Crippen LogP contribution in [0.1, 0.15) is 25.5 Å². The molecule has 1 heterocycles. The summed E-state index contributed by atoms with van der Waals surface area (Å²) in [7, 11) is 0. The number of carbonyl (C=O) groups excluding carboxylic acids is 2. The number of nitrogens with two attached hydrogens (primary N) is 1. The second kappa shape index (κ2) is 5.28. The number of hydrogen-bond acceptors (Lipinski definition) is 3. The Balaban J connectivity index is 2.20. The van der Waals surface area contributed by atoms with E-state index in [0.717, 1.165) is 11.0 Å². The van der Waals surface area contributed by atoms with Gasteiger partial charge in [-0.1, -0.05) is 26.0 Å². The van der Waals surface area contributed by atoms with E-state index in [-0.39, 0.29) is 23.9 Å². The molecule has 1 aliphatic rings. The molecule has 3 atom stereocenters. The van der Waals surface area contributed by atoms with Gasteiger partial charge in [0.2, 0.25) is 11.8 Å². The number of carbonyl (C=O) groups is 2. The van der Waals surface area contributed by atoms with E-state index in [1.807, 2.05) is 0 Å². The van der Waals surface area contributed by atoms with Crippen molar-refractivity contribution in [3.05, 3.63) is 35.4 Å². The average Bonchev–Trinajstić information content (AvgIpc) is 2.59. The number of halogens is 2. The van der Waals surface area contributed by atoms with Crippen LogP contribution in [-0.2, 0) is 9.59 Å². The van der Waals surface area contributed by atoms with Gasteiger partial charge in [0.05, 0.1) is 6.04 Å². The van der Waals surface area contributed by atoms with Crippen LogP contribution < -0.4 is 5.73 Å². The zero-order valence-electron chi connectivity index (χ0n) is 11.3. The fraction of sp³-hybridized carbons (Fsp3) is 0.429. The third-order valence-electron chi connectivity index (χ3n) is 3.82. The molecule has 0 spiro atoms. The topological polar surface area (TPSA) is 63.4 Å². The molecule has 0 aromatic heterocycles. The van der Waals surface area contributed by atoms with Crippen molar-refractivity contribution in [3.8, 4) is 0 Å². The molecule has 2 N–H and O–H groups in total. The van der Waals surface area contributed by atoms with Crippen LogP contribution in [0.4, 0.5) is 8.78 Å². The molecule has 4 nitrogen and oxygen atoms in total.